The normalized spacial score (nSPS) is 11.7. The third-order valence-corrected chi connectivity index (χ3v) is 0.894. The van der Waals surface area contributed by atoms with Gasteiger partial charge in [0.2, 0.25) is 0 Å². The minimum absolute atomic E-state index is 0.00463. The first kappa shape index (κ1) is 12.5. The van der Waals surface area contributed by atoms with E-state index in [0.29, 0.717) is 0 Å². The summed E-state index contributed by atoms with van der Waals surface area (Å²) in [6.45, 7) is 4.10. The van der Waals surface area contributed by atoms with E-state index in [4.69, 9.17) is 15.9 Å². The van der Waals surface area contributed by atoms with Crippen molar-refractivity contribution in [2.45, 2.75) is 32.7 Å². The molecule has 0 aliphatic carbocycles. The van der Waals surface area contributed by atoms with Crippen molar-refractivity contribution in [1.82, 2.24) is 0 Å². The first-order valence-corrected chi connectivity index (χ1v) is 3.70. The molecule has 3 heteroatoms. The fourth-order valence-electron chi connectivity index (χ4n) is 0.462. The molecule has 0 saturated carbocycles. The largest absolute Gasteiger partial charge is 0.397 e. The summed E-state index contributed by atoms with van der Waals surface area (Å²) in [4.78, 5) is 0. The van der Waals surface area contributed by atoms with Gasteiger partial charge in [-0.25, -0.2) is 0 Å². The lowest BCUT2D eigenvalue weighted by atomic mass is 10.2. The summed E-state index contributed by atoms with van der Waals surface area (Å²) < 4.78 is 0. The summed E-state index contributed by atoms with van der Waals surface area (Å²) >= 11 is 0. The molecule has 0 aromatic heterocycles. The summed E-state index contributed by atoms with van der Waals surface area (Å²) in [6.07, 6.45) is 1.98. The SMILES string of the molecule is CCCC(N)CO.CCO. The maximum absolute atomic E-state index is 8.34. The van der Waals surface area contributed by atoms with Crippen LogP contribution in [0.1, 0.15) is 26.7 Å². The molecule has 0 rings (SSSR count). The quantitative estimate of drug-likeness (QED) is 0.533. The van der Waals surface area contributed by atoms with Gasteiger partial charge in [-0.3, -0.25) is 0 Å². The highest BCUT2D eigenvalue weighted by molar-refractivity contribution is 4.55. The lowest BCUT2D eigenvalue weighted by molar-refractivity contribution is 0.259. The van der Waals surface area contributed by atoms with Gasteiger partial charge in [0.1, 0.15) is 0 Å². The molecule has 3 nitrogen and oxygen atoms in total. The first-order chi connectivity index (χ1) is 4.72. The highest BCUT2D eigenvalue weighted by atomic mass is 16.3. The zero-order chi connectivity index (χ0) is 8.41. The Morgan fingerprint density at radius 3 is 1.80 bits per heavy atom. The Balaban J connectivity index is 0. The van der Waals surface area contributed by atoms with Crippen molar-refractivity contribution in [1.29, 1.82) is 0 Å². The van der Waals surface area contributed by atoms with Crippen molar-refractivity contribution < 1.29 is 10.2 Å². The summed E-state index contributed by atoms with van der Waals surface area (Å²) in [5.74, 6) is 0. The summed E-state index contributed by atoms with van der Waals surface area (Å²) in [5, 5.41) is 15.9. The van der Waals surface area contributed by atoms with Gasteiger partial charge >= 0.3 is 0 Å². The van der Waals surface area contributed by atoms with E-state index in [9.17, 15) is 0 Å². The molecule has 0 aromatic rings. The van der Waals surface area contributed by atoms with E-state index in [2.05, 4.69) is 6.92 Å². The van der Waals surface area contributed by atoms with Gasteiger partial charge in [0.15, 0.2) is 0 Å². The minimum atomic E-state index is 0.00463. The number of aliphatic hydroxyl groups is 2. The third-order valence-electron chi connectivity index (χ3n) is 0.894. The van der Waals surface area contributed by atoms with Crippen LogP contribution in [0.3, 0.4) is 0 Å². The monoisotopic (exact) mass is 149 g/mol. The van der Waals surface area contributed by atoms with Crippen LogP contribution in [-0.2, 0) is 0 Å². The number of hydrogen-bond acceptors (Lipinski definition) is 3. The van der Waals surface area contributed by atoms with Crippen LogP contribution in [0.25, 0.3) is 0 Å². The van der Waals surface area contributed by atoms with Gasteiger partial charge in [0.25, 0.3) is 0 Å². The molecule has 0 radical (unpaired) electrons. The fourth-order valence-corrected chi connectivity index (χ4v) is 0.462. The van der Waals surface area contributed by atoms with Gasteiger partial charge in [-0.1, -0.05) is 13.3 Å². The Morgan fingerprint density at radius 2 is 1.70 bits per heavy atom. The van der Waals surface area contributed by atoms with Crippen LogP contribution < -0.4 is 5.73 Å². The predicted molar refractivity (Wildman–Crippen MR) is 42.7 cm³/mol. The van der Waals surface area contributed by atoms with E-state index in [0.717, 1.165) is 12.8 Å². The second-order valence-electron chi connectivity index (χ2n) is 2.05. The molecule has 0 aliphatic rings. The Morgan fingerprint density at radius 1 is 1.30 bits per heavy atom. The zero-order valence-electron chi connectivity index (χ0n) is 6.88. The molecule has 64 valence electrons. The standard InChI is InChI=1S/C5H13NO.C2H6O/c1-2-3-5(6)4-7;1-2-3/h5,7H,2-4,6H2,1H3;3H,2H2,1H3. The molecular formula is C7H19NO2. The van der Waals surface area contributed by atoms with Crippen LogP contribution in [0.4, 0.5) is 0 Å². The number of hydrogen-bond donors (Lipinski definition) is 3. The summed E-state index contributed by atoms with van der Waals surface area (Å²) in [7, 11) is 0. The van der Waals surface area contributed by atoms with Crippen molar-refractivity contribution in [2.75, 3.05) is 13.2 Å². The lowest BCUT2D eigenvalue weighted by Crippen LogP contribution is -2.23. The summed E-state index contributed by atoms with van der Waals surface area (Å²) in [5.41, 5.74) is 5.33. The average molecular weight is 149 g/mol. The molecule has 0 bridgehead atoms. The third kappa shape index (κ3) is 15.7. The molecule has 1 unspecified atom stereocenters. The average Bonchev–Trinajstić information content (AvgIpc) is 1.90. The molecule has 0 saturated heterocycles. The van der Waals surface area contributed by atoms with Crippen molar-refractivity contribution >= 4 is 0 Å². The predicted octanol–water partition coefficient (Wildman–Crippen LogP) is 0.105. The van der Waals surface area contributed by atoms with E-state index >= 15 is 0 Å². The molecule has 0 spiro atoms. The number of rotatable bonds is 3. The highest BCUT2D eigenvalue weighted by Gasteiger charge is 1.94. The van der Waals surface area contributed by atoms with E-state index < -0.39 is 0 Å². The number of nitrogens with two attached hydrogens (primary N) is 1. The zero-order valence-corrected chi connectivity index (χ0v) is 6.88. The molecule has 0 heterocycles. The number of aliphatic hydroxyl groups excluding tert-OH is 2. The smallest absolute Gasteiger partial charge is 0.0582 e. The van der Waals surface area contributed by atoms with Crippen molar-refractivity contribution in [3.05, 3.63) is 0 Å². The molecular weight excluding hydrogens is 130 g/mol. The van der Waals surface area contributed by atoms with E-state index in [-0.39, 0.29) is 19.3 Å². The van der Waals surface area contributed by atoms with Gasteiger partial charge in [0.05, 0.1) is 6.61 Å². The van der Waals surface area contributed by atoms with Crippen LogP contribution in [-0.4, -0.2) is 29.5 Å². The maximum Gasteiger partial charge on any atom is 0.0582 e. The van der Waals surface area contributed by atoms with Crippen LogP contribution in [0.5, 0.6) is 0 Å². The van der Waals surface area contributed by atoms with E-state index in [1.165, 1.54) is 0 Å². The maximum atomic E-state index is 8.34. The molecule has 4 N–H and O–H groups in total. The topological polar surface area (TPSA) is 66.5 Å². The second kappa shape index (κ2) is 11.6. The van der Waals surface area contributed by atoms with Crippen LogP contribution >= 0.6 is 0 Å². The van der Waals surface area contributed by atoms with Crippen molar-refractivity contribution in [3.63, 3.8) is 0 Å². The molecule has 1 atom stereocenters. The Hall–Kier alpha value is -0.120. The lowest BCUT2D eigenvalue weighted by Gasteiger charge is -2.02. The van der Waals surface area contributed by atoms with E-state index in [1.807, 2.05) is 0 Å². The first-order valence-electron chi connectivity index (χ1n) is 3.70. The van der Waals surface area contributed by atoms with Gasteiger partial charge in [0, 0.05) is 12.6 Å². The molecule has 0 fully saturated rings. The van der Waals surface area contributed by atoms with Gasteiger partial charge in [-0.05, 0) is 13.3 Å². The molecule has 0 aliphatic heterocycles. The summed E-state index contributed by atoms with van der Waals surface area (Å²) in [6, 6.07) is 0.00463. The highest BCUT2D eigenvalue weighted by Crippen LogP contribution is 1.89. The van der Waals surface area contributed by atoms with Crippen molar-refractivity contribution in [2.24, 2.45) is 5.73 Å². The van der Waals surface area contributed by atoms with Crippen LogP contribution in [0.2, 0.25) is 0 Å². The Kier molecular flexibility index (Phi) is 14.6. The minimum Gasteiger partial charge on any atom is -0.397 e. The van der Waals surface area contributed by atoms with Crippen LogP contribution in [0.15, 0.2) is 0 Å². The van der Waals surface area contributed by atoms with Gasteiger partial charge in [-0.2, -0.15) is 0 Å². The fraction of sp³-hybridized carbons (Fsp3) is 1.00. The molecule has 0 amide bonds. The molecule has 0 aromatic carbocycles. The Labute approximate surface area is 62.9 Å². The van der Waals surface area contributed by atoms with E-state index in [1.54, 1.807) is 6.92 Å². The molecule has 10 heavy (non-hydrogen) atoms. The van der Waals surface area contributed by atoms with Gasteiger partial charge in [-0.15, -0.1) is 0 Å². The Bertz CT molecular complexity index is 50.9. The van der Waals surface area contributed by atoms with Crippen LogP contribution in [0, 0.1) is 0 Å². The van der Waals surface area contributed by atoms with Crippen molar-refractivity contribution in [3.8, 4) is 0 Å². The second-order valence-corrected chi connectivity index (χ2v) is 2.05. The van der Waals surface area contributed by atoms with Gasteiger partial charge < -0.3 is 15.9 Å².